The standard InChI is InChI=1S/C12H13NO2S2/c14-17(15)7-3-6-12(17)11-8-13-9-4-1-2-5-10(9)16-11/h1-2,4-5,8,11-12H,3,6-7H2. The molecule has 1 aromatic carbocycles. The number of nitrogens with zero attached hydrogens (tertiary/aromatic N) is 1. The second-order valence-electron chi connectivity index (χ2n) is 4.38. The Kier molecular flexibility index (Phi) is 2.75. The van der Waals surface area contributed by atoms with Crippen molar-refractivity contribution in [1.82, 2.24) is 0 Å². The fourth-order valence-corrected chi connectivity index (χ4v) is 6.00. The maximum Gasteiger partial charge on any atom is 0.154 e. The molecular formula is C12H13NO2S2. The van der Waals surface area contributed by atoms with E-state index in [2.05, 4.69) is 4.99 Å². The van der Waals surface area contributed by atoms with Crippen LogP contribution in [0.15, 0.2) is 34.2 Å². The van der Waals surface area contributed by atoms with Gasteiger partial charge in [-0.3, -0.25) is 4.99 Å². The van der Waals surface area contributed by atoms with E-state index in [1.165, 1.54) is 0 Å². The van der Waals surface area contributed by atoms with E-state index in [9.17, 15) is 8.42 Å². The number of para-hydroxylation sites is 1. The first-order valence-corrected chi connectivity index (χ1v) is 8.28. The normalized spacial score (nSPS) is 30.1. The van der Waals surface area contributed by atoms with E-state index < -0.39 is 9.84 Å². The van der Waals surface area contributed by atoms with Gasteiger partial charge < -0.3 is 0 Å². The van der Waals surface area contributed by atoms with Crippen LogP contribution in [-0.2, 0) is 9.84 Å². The van der Waals surface area contributed by atoms with Gasteiger partial charge in [-0.1, -0.05) is 12.1 Å². The molecule has 3 rings (SSSR count). The molecule has 3 nitrogen and oxygen atoms in total. The molecule has 2 atom stereocenters. The predicted molar refractivity (Wildman–Crippen MR) is 71.0 cm³/mol. The van der Waals surface area contributed by atoms with Gasteiger partial charge in [0.1, 0.15) is 0 Å². The van der Waals surface area contributed by atoms with Crippen molar-refractivity contribution in [3.05, 3.63) is 24.3 Å². The summed E-state index contributed by atoms with van der Waals surface area (Å²) in [6.45, 7) is 0. The summed E-state index contributed by atoms with van der Waals surface area (Å²) in [6, 6.07) is 7.87. The monoisotopic (exact) mass is 267 g/mol. The molecule has 0 aliphatic carbocycles. The van der Waals surface area contributed by atoms with Gasteiger partial charge in [-0.2, -0.15) is 0 Å². The van der Waals surface area contributed by atoms with Gasteiger partial charge in [-0.15, -0.1) is 11.8 Å². The zero-order valence-electron chi connectivity index (χ0n) is 9.24. The summed E-state index contributed by atoms with van der Waals surface area (Å²) in [6.07, 6.45) is 3.37. The van der Waals surface area contributed by atoms with Crippen LogP contribution in [0.4, 0.5) is 5.69 Å². The van der Waals surface area contributed by atoms with Crippen molar-refractivity contribution in [2.24, 2.45) is 4.99 Å². The Hall–Kier alpha value is -0.810. The van der Waals surface area contributed by atoms with Gasteiger partial charge in [0, 0.05) is 11.1 Å². The maximum absolute atomic E-state index is 11.9. The van der Waals surface area contributed by atoms with Crippen molar-refractivity contribution in [3.63, 3.8) is 0 Å². The number of aliphatic imine (C=N–C) groups is 1. The molecule has 2 heterocycles. The summed E-state index contributed by atoms with van der Waals surface area (Å²) in [4.78, 5) is 5.46. The van der Waals surface area contributed by atoms with Gasteiger partial charge in [0.2, 0.25) is 0 Å². The van der Waals surface area contributed by atoms with Crippen molar-refractivity contribution in [1.29, 1.82) is 0 Å². The van der Waals surface area contributed by atoms with E-state index >= 15 is 0 Å². The summed E-state index contributed by atoms with van der Waals surface area (Å²) in [5.74, 6) is 0.338. The molecular weight excluding hydrogens is 254 g/mol. The topological polar surface area (TPSA) is 46.5 Å². The average molecular weight is 267 g/mol. The fourth-order valence-electron chi connectivity index (χ4n) is 2.35. The number of benzene rings is 1. The smallest absolute Gasteiger partial charge is 0.154 e. The van der Waals surface area contributed by atoms with Crippen LogP contribution in [0, 0.1) is 0 Å². The summed E-state index contributed by atoms with van der Waals surface area (Å²) in [7, 11) is -2.90. The molecule has 2 unspecified atom stereocenters. The van der Waals surface area contributed by atoms with Crippen LogP contribution in [0.3, 0.4) is 0 Å². The summed E-state index contributed by atoms with van der Waals surface area (Å²) in [5, 5.41) is -0.262. The molecule has 5 heteroatoms. The van der Waals surface area contributed by atoms with Crippen LogP contribution in [0.25, 0.3) is 0 Å². The lowest BCUT2D eigenvalue weighted by molar-refractivity contribution is 0.592. The van der Waals surface area contributed by atoms with Gasteiger partial charge in [-0.25, -0.2) is 8.42 Å². The maximum atomic E-state index is 11.9. The Bertz CT molecular complexity index is 566. The van der Waals surface area contributed by atoms with Gasteiger partial charge in [0.05, 0.1) is 21.9 Å². The Morgan fingerprint density at radius 3 is 2.88 bits per heavy atom. The average Bonchev–Trinajstić information content (AvgIpc) is 2.68. The highest BCUT2D eigenvalue weighted by molar-refractivity contribution is 8.02. The van der Waals surface area contributed by atoms with E-state index in [0.29, 0.717) is 5.75 Å². The van der Waals surface area contributed by atoms with E-state index in [0.717, 1.165) is 23.4 Å². The Balaban J connectivity index is 1.90. The molecule has 1 aromatic rings. The van der Waals surface area contributed by atoms with Crippen molar-refractivity contribution in [2.75, 3.05) is 5.75 Å². The highest BCUT2D eigenvalue weighted by Gasteiger charge is 2.38. The molecule has 0 N–H and O–H groups in total. The van der Waals surface area contributed by atoms with Crippen LogP contribution < -0.4 is 0 Å². The minimum absolute atomic E-state index is 0.0163. The summed E-state index contributed by atoms with van der Waals surface area (Å²) < 4.78 is 23.8. The van der Waals surface area contributed by atoms with Gasteiger partial charge in [-0.05, 0) is 25.0 Å². The van der Waals surface area contributed by atoms with Gasteiger partial charge >= 0.3 is 0 Å². The molecule has 0 radical (unpaired) electrons. The van der Waals surface area contributed by atoms with Crippen LogP contribution >= 0.6 is 11.8 Å². The van der Waals surface area contributed by atoms with Crippen LogP contribution in [0.1, 0.15) is 12.8 Å². The lowest BCUT2D eigenvalue weighted by atomic mass is 10.2. The molecule has 90 valence electrons. The molecule has 0 spiro atoms. The largest absolute Gasteiger partial charge is 0.259 e. The molecule has 0 aromatic heterocycles. The number of rotatable bonds is 1. The Morgan fingerprint density at radius 1 is 1.29 bits per heavy atom. The molecule has 0 amide bonds. The van der Waals surface area contributed by atoms with Gasteiger partial charge in [0.25, 0.3) is 0 Å². The minimum Gasteiger partial charge on any atom is -0.259 e. The number of sulfone groups is 1. The SMILES string of the molecule is O=S1(=O)CCCC1C1C=Nc2ccccc2S1. The van der Waals surface area contributed by atoms with Gasteiger partial charge in [0.15, 0.2) is 9.84 Å². The molecule has 2 aliphatic rings. The number of hydrogen-bond acceptors (Lipinski definition) is 4. The second-order valence-corrected chi connectivity index (χ2v) is 7.94. The van der Waals surface area contributed by atoms with Crippen molar-refractivity contribution in [3.8, 4) is 0 Å². The van der Waals surface area contributed by atoms with E-state index in [1.54, 1.807) is 18.0 Å². The predicted octanol–water partition coefficient (Wildman–Crippen LogP) is 2.44. The van der Waals surface area contributed by atoms with Crippen LogP contribution in [-0.4, -0.2) is 30.9 Å². The Labute approximate surface area is 105 Å². The van der Waals surface area contributed by atoms with Crippen LogP contribution in [0.2, 0.25) is 0 Å². The van der Waals surface area contributed by atoms with Crippen LogP contribution in [0.5, 0.6) is 0 Å². The first-order chi connectivity index (χ1) is 8.17. The lowest BCUT2D eigenvalue weighted by Gasteiger charge is -2.22. The fraction of sp³-hybridized carbons (Fsp3) is 0.417. The highest BCUT2D eigenvalue weighted by atomic mass is 32.2. The van der Waals surface area contributed by atoms with E-state index in [1.807, 2.05) is 24.3 Å². The Morgan fingerprint density at radius 2 is 2.12 bits per heavy atom. The zero-order chi connectivity index (χ0) is 11.9. The summed E-state index contributed by atoms with van der Waals surface area (Å²) >= 11 is 1.63. The summed E-state index contributed by atoms with van der Waals surface area (Å²) in [5.41, 5.74) is 0.948. The van der Waals surface area contributed by atoms with E-state index in [4.69, 9.17) is 0 Å². The third-order valence-corrected chi connectivity index (χ3v) is 7.04. The minimum atomic E-state index is -2.90. The highest BCUT2D eigenvalue weighted by Crippen LogP contribution is 2.40. The third-order valence-electron chi connectivity index (χ3n) is 3.23. The van der Waals surface area contributed by atoms with Crippen molar-refractivity contribution in [2.45, 2.75) is 28.2 Å². The quantitative estimate of drug-likeness (QED) is 0.785. The first kappa shape index (κ1) is 11.3. The lowest BCUT2D eigenvalue weighted by Crippen LogP contribution is -2.30. The van der Waals surface area contributed by atoms with E-state index in [-0.39, 0.29) is 10.5 Å². The number of hydrogen-bond donors (Lipinski definition) is 0. The number of fused-ring (bicyclic) bond motifs is 1. The molecule has 1 saturated heterocycles. The molecule has 0 bridgehead atoms. The number of thioether (sulfide) groups is 1. The van der Waals surface area contributed by atoms with Crippen molar-refractivity contribution < 1.29 is 8.42 Å². The van der Waals surface area contributed by atoms with Crippen molar-refractivity contribution >= 4 is 33.5 Å². The zero-order valence-corrected chi connectivity index (χ0v) is 10.9. The molecule has 1 fully saturated rings. The first-order valence-electron chi connectivity index (χ1n) is 5.68. The third kappa shape index (κ3) is 2.02. The molecule has 2 aliphatic heterocycles. The second kappa shape index (κ2) is 4.14. The molecule has 17 heavy (non-hydrogen) atoms. The molecule has 0 saturated carbocycles.